The summed E-state index contributed by atoms with van der Waals surface area (Å²) in [5, 5.41) is 17.5. The number of aromatic nitrogens is 4. The molecule has 1 amide bonds. The quantitative estimate of drug-likeness (QED) is 0.623. The Bertz CT molecular complexity index is 1210. The Kier molecular flexibility index (Phi) is 5.44. The highest BCUT2D eigenvalue weighted by molar-refractivity contribution is 6.09. The number of fused-ring (bicyclic) bond motifs is 1. The van der Waals surface area contributed by atoms with Gasteiger partial charge in [0.2, 0.25) is 0 Å². The predicted molar refractivity (Wildman–Crippen MR) is 123 cm³/mol. The number of carbonyl (C=O) groups is 2. The van der Waals surface area contributed by atoms with E-state index in [1.807, 2.05) is 34.9 Å². The van der Waals surface area contributed by atoms with Gasteiger partial charge in [-0.15, -0.1) is 10.2 Å². The van der Waals surface area contributed by atoms with Crippen LogP contribution in [0.1, 0.15) is 73.0 Å². The van der Waals surface area contributed by atoms with Gasteiger partial charge in [0.25, 0.3) is 5.91 Å². The largest absolute Gasteiger partial charge is 0.481 e. The Morgan fingerprint density at radius 1 is 1.12 bits per heavy atom. The summed E-state index contributed by atoms with van der Waals surface area (Å²) >= 11 is 0. The highest BCUT2D eigenvalue weighted by atomic mass is 16.4. The minimum atomic E-state index is -0.699. The molecular formula is C25H27N5O3. The number of anilines is 1. The zero-order valence-electron chi connectivity index (χ0n) is 18.8. The van der Waals surface area contributed by atoms with Gasteiger partial charge < -0.3 is 9.67 Å². The molecule has 1 aromatic carbocycles. The van der Waals surface area contributed by atoms with Crippen LogP contribution in [0.3, 0.4) is 0 Å². The smallest absolute Gasteiger partial charge is 0.306 e. The Morgan fingerprint density at radius 3 is 2.64 bits per heavy atom. The number of amides is 1. The Labute approximate surface area is 192 Å². The van der Waals surface area contributed by atoms with E-state index in [9.17, 15) is 14.7 Å². The topological polar surface area (TPSA) is 101 Å². The maximum absolute atomic E-state index is 13.3. The number of carboxylic acids is 1. The first-order valence-electron chi connectivity index (χ1n) is 11.5. The van der Waals surface area contributed by atoms with Gasteiger partial charge in [-0.2, -0.15) is 0 Å². The number of carboxylic acid groups (broad SMARTS) is 1. The van der Waals surface area contributed by atoms with Gasteiger partial charge in [-0.1, -0.05) is 18.2 Å². The molecule has 0 spiro atoms. The van der Waals surface area contributed by atoms with E-state index in [-0.39, 0.29) is 17.9 Å². The van der Waals surface area contributed by atoms with Crippen molar-refractivity contribution in [1.82, 2.24) is 19.7 Å². The highest BCUT2D eigenvalue weighted by Crippen LogP contribution is 2.38. The van der Waals surface area contributed by atoms with Crippen molar-refractivity contribution in [3.63, 3.8) is 0 Å². The molecule has 1 aliphatic heterocycles. The van der Waals surface area contributed by atoms with Crippen LogP contribution >= 0.6 is 0 Å². The standard InChI is InChI=1S/C25H27N5O3/c1-15(2)30-14-26-28-23(30)21-4-3-5-22(27-21)29-13-19-11-10-18(12-20(19)24(29)31)16-6-8-17(9-7-16)25(32)33/h3-5,10-12,14-17H,6-9,13H2,1-2H3,(H,32,33)/t16-,17-. The van der Waals surface area contributed by atoms with E-state index in [4.69, 9.17) is 4.98 Å². The van der Waals surface area contributed by atoms with Crippen molar-refractivity contribution < 1.29 is 14.7 Å². The Hall–Kier alpha value is -3.55. The van der Waals surface area contributed by atoms with Crippen LogP contribution in [0.25, 0.3) is 11.5 Å². The summed E-state index contributed by atoms with van der Waals surface area (Å²) in [4.78, 5) is 31.0. The lowest BCUT2D eigenvalue weighted by atomic mass is 9.78. The average Bonchev–Trinajstić information content (AvgIpc) is 3.44. The van der Waals surface area contributed by atoms with Gasteiger partial charge in [0.05, 0.1) is 12.5 Å². The number of rotatable bonds is 5. The van der Waals surface area contributed by atoms with Gasteiger partial charge in [0.15, 0.2) is 5.82 Å². The van der Waals surface area contributed by atoms with Crippen LogP contribution < -0.4 is 4.90 Å². The molecule has 3 heterocycles. The summed E-state index contributed by atoms with van der Waals surface area (Å²) in [5.41, 5.74) is 3.50. The molecule has 0 atom stereocenters. The third kappa shape index (κ3) is 3.90. The maximum atomic E-state index is 13.3. The van der Waals surface area contributed by atoms with Gasteiger partial charge in [-0.3, -0.25) is 14.5 Å². The fraction of sp³-hybridized carbons (Fsp3) is 0.400. The second kappa shape index (κ2) is 8.42. The van der Waals surface area contributed by atoms with Crippen molar-refractivity contribution in [2.75, 3.05) is 4.90 Å². The molecule has 1 aliphatic carbocycles. The van der Waals surface area contributed by atoms with E-state index >= 15 is 0 Å². The summed E-state index contributed by atoms with van der Waals surface area (Å²) in [6.45, 7) is 4.60. The molecule has 2 aromatic heterocycles. The van der Waals surface area contributed by atoms with Gasteiger partial charge in [0.1, 0.15) is 17.8 Å². The van der Waals surface area contributed by atoms with Crippen LogP contribution in [0.4, 0.5) is 5.82 Å². The van der Waals surface area contributed by atoms with Crippen molar-refractivity contribution >= 4 is 17.7 Å². The molecule has 0 unspecified atom stereocenters. The molecule has 1 fully saturated rings. The second-order valence-electron chi connectivity index (χ2n) is 9.23. The SMILES string of the molecule is CC(C)n1cnnc1-c1cccc(N2Cc3ccc([C@H]4CC[C@H](C(=O)O)CC4)cc3C2=O)n1. The second-order valence-corrected chi connectivity index (χ2v) is 9.23. The van der Waals surface area contributed by atoms with Crippen LogP contribution in [0.5, 0.6) is 0 Å². The van der Waals surface area contributed by atoms with Crippen molar-refractivity contribution in [2.45, 2.75) is 58.0 Å². The number of pyridine rings is 1. The number of carbonyl (C=O) groups excluding carboxylic acids is 1. The minimum absolute atomic E-state index is 0.0546. The van der Waals surface area contributed by atoms with Crippen LogP contribution in [-0.2, 0) is 11.3 Å². The Morgan fingerprint density at radius 2 is 1.91 bits per heavy atom. The molecule has 5 rings (SSSR count). The number of benzene rings is 1. The summed E-state index contributed by atoms with van der Waals surface area (Å²) in [6.07, 6.45) is 4.75. The third-order valence-electron chi connectivity index (χ3n) is 6.86. The molecule has 33 heavy (non-hydrogen) atoms. The Balaban J connectivity index is 1.38. The van der Waals surface area contributed by atoms with Crippen LogP contribution in [0, 0.1) is 5.92 Å². The van der Waals surface area contributed by atoms with E-state index in [1.165, 1.54) is 0 Å². The summed E-state index contributed by atoms with van der Waals surface area (Å²) in [5.74, 6) is 0.575. The summed E-state index contributed by atoms with van der Waals surface area (Å²) in [7, 11) is 0. The van der Waals surface area contributed by atoms with E-state index in [0.717, 1.165) is 24.0 Å². The summed E-state index contributed by atoms with van der Waals surface area (Å²) in [6, 6.07) is 11.9. The monoisotopic (exact) mass is 445 g/mol. The molecular weight excluding hydrogens is 418 g/mol. The number of nitrogens with zero attached hydrogens (tertiary/aromatic N) is 5. The van der Waals surface area contributed by atoms with Crippen molar-refractivity contribution in [3.8, 4) is 11.5 Å². The summed E-state index contributed by atoms with van der Waals surface area (Å²) < 4.78 is 1.96. The zero-order chi connectivity index (χ0) is 23.1. The van der Waals surface area contributed by atoms with Crippen molar-refractivity contribution in [2.24, 2.45) is 5.92 Å². The maximum Gasteiger partial charge on any atom is 0.306 e. The van der Waals surface area contributed by atoms with Crippen LogP contribution in [0.15, 0.2) is 42.7 Å². The molecule has 8 heteroatoms. The lowest BCUT2D eigenvalue weighted by Gasteiger charge is -2.26. The van der Waals surface area contributed by atoms with E-state index in [1.54, 1.807) is 11.2 Å². The first-order valence-corrected chi connectivity index (χ1v) is 11.5. The molecule has 170 valence electrons. The number of hydrogen-bond acceptors (Lipinski definition) is 5. The first-order chi connectivity index (χ1) is 15.9. The lowest BCUT2D eigenvalue weighted by molar-refractivity contribution is -0.142. The highest BCUT2D eigenvalue weighted by Gasteiger charge is 2.32. The average molecular weight is 446 g/mol. The van der Waals surface area contributed by atoms with Crippen molar-refractivity contribution in [1.29, 1.82) is 0 Å². The molecule has 0 saturated heterocycles. The number of aliphatic carboxylic acids is 1. The molecule has 1 saturated carbocycles. The fourth-order valence-corrected chi connectivity index (χ4v) is 4.93. The van der Waals surface area contributed by atoms with Gasteiger partial charge >= 0.3 is 5.97 Å². The first kappa shape index (κ1) is 21.3. The van der Waals surface area contributed by atoms with E-state index < -0.39 is 5.97 Å². The zero-order valence-corrected chi connectivity index (χ0v) is 18.8. The van der Waals surface area contributed by atoms with E-state index in [0.29, 0.717) is 48.2 Å². The van der Waals surface area contributed by atoms with E-state index in [2.05, 4.69) is 30.1 Å². The third-order valence-corrected chi connectivity index (χ3v) is 6.86. The minimum Gasteiger partial charge on any atom is -0.481 e. The fourth-order valence-electron chi connectivity index (χ4n) is 4.93. The molecule has 3 aromatic rings. The molecule has 2 aliphatic rings. The normalized spacial score (nSPS) is 20.3. The van der Waals surface area contributed by atoms with Gasteiger partial charge in [-0.05, 0) is 74.8 Å². The van der Waals surface area contributed by atoms with Crippen LogP contribution in [-0.4, -0.2) is 36.7 Å². The van der Waals surface area contributed by atoms with Crippen LogP contribution in [0.2, 0.25) is 0 Å². The lowest BCUT2D eigenvalue weighted by Crippen LogP contribution is -2.24. The van der Waals surface area contributed by atoms with Gasteiger partial charge in [0, 0.05) is 11.6 Å². The van der Waals surface area contributed by atoms with Crippen molar-refractivity contribution in [3.05, 3.63) is 59.4 Å². The molecule has 0 bridgehead atoms. The molecule has 0 radical (unpaired) electrons. The molecule has 8 nitrogen and oxygen atoms in total. The molecule has 1 N–H and O–H groups in total. The van der Waals surface area contributed by atoms with Gasteiger partial charge in [-0.25, -0.2) is 4.98 Å². The predicted octanol–water partition coefficient (Wildman–Crippen LogP) is 4.44. The number of hydrogen-bond donors (Lipinski definition) is 1.